The SMILES string of the molecule is O=C(O)COCC(=O)OCCOC(=O)COCC(=O)O. The molecule has 0 bridgehead atoms. The lowest BCUT2D eigenvalue weighted by molar-refractivity contribution is -0.160. The smallest absolute Gasteiger partial charge is 0.332 e. The van der Waals surface area contributed by atoms with Crippen LogP contribution in [0.2, 0.25) is 0 Å². The van der Waals surface area contributed by atoms with Crippen LogP contribution in [-0.2, 0) is 38.1 Å². The van der Waals surface area contributed by atoms with Gasteiger partial charge in [0, 0.05) is 0 Å². The Morgan fingerprint density at radius 1 is 0.650 bits per heavy atom. The van der Waals surface area contributed by atoms with Gasteiger partial charge in [-0.05, 0) is 0 Å². The van der Waals surface area contributed by atoms with E-state index in [1.54, 1.807) is 0 Å². The normalized spacial score (nSPS) is 9.80. The molecule has 0 aromatic rings. The van der Waals surface area contributed by atoms with Gasteiger partial charge in [-0.1, -0.05) is 0 Å². The summed E-state index contributed by atoms with van der Waals surface area (Å²) in [4.78, 5) is 42.0. The highest BCUT2D eigenvalue weighted by atomic mass is 16.6. The number of esters is 2. The second kappa shape index (κ2) is 10.7. The van der Waals surface area contributed by atoms with Crippen LogP contribution in [0.5, 0.6) is 0 Å². The van der Waals surface area contributed by atoms with Crippen molar-refractivity contribution >= 4 is 23.9 Å². The predicted octanol–water partition coefficient (Wildman–Crippen LogP) is -1.72. The van der Waals surface area contributed by atoms with Gasteiger partial charge in [-0.15, -0.1) is 0 Å². The van der Waals surface area contributed by atoms with Crippen LogP contribution in [0.3, 0.4) is 0 Å². The molecule has 114 valence electrons. The Morgan fingerprint density at radius 3 is 1.30 bits per heavy atom. The number of ether oxygens (including phenoxy) is 4. The third kappa shape index (κ3) is 12.3. The minimum atomic E-state index is -1.21. The summed E-state index contributed by atoms with van der Waals surface area (Å²) in [7, 11) is 0. The second-order valence-corrected chi connectivity index (χ2v) is 3.21. The molecule has 0 saturated heterocycles. The third-order valence-corrected chi connectivity index (χ3v) is 1.50. The number of carboxylic acid groups (broad SMARTS) is 2. The minimum absolute atomic E-state index is 0.236. The molecule has 0 radical (unpaired) electrons. The summed E-state index contributed by atoms with van der Waals surface area (Å²) >= 11 is 0. The van der Waals surface area contributed by atoms with Crippen molar-refractivity contribution in [1.82, 2.24) is 0 Å². The summed E-state index contributed by atoms with van der Waals surface area (Å²) in [6.45, 7) is -2.76. The van der Waals surface area contributed by atoms with E-state index in [0.29, 0.717) is 0 Å². The van der Waals surface area contributed by atoms with Gasteiger partial charge >= 0.3 is 23.9 Å². The van der Waals surface area contributed by atoms with E-state index in [1.807, 2.05) is 0 Å². The summed E-state index contributed by atoms with van der Waals surface area (Å²) in [5.74, 6) is -4.03. The first kappa shape index (κ1) is 17.8. The molecule has 0 aliphatic carbocycles. The molecule has 2 N–H and O–H groups in total. The average molecular weight is 294 g/mol. The number of aliphatic carboxylic acids is 2. The van der Waals surface area contributed by atoms with Gasteiger partial charge < -0.3 is 29.2 Å². The Labute approximate surface area is 113 Å². The van der Waals surface area contributed by atoms with E-state index in [-0.39, 0.29) is 13.2 Å². The number of carboxylic acids is 2. The quantitative estimate of drug-likeness (QED) is 0.333. The topological polar surface area (TPSA) is 146 Å². The number of carbonyl (C=O) groups excluding carboxylic acids is 2. The molecule has 0 aliphatic rings. The van der Waals surface area contributed by atoms with Crippen molar-refractivity contribution < 1.29 is 48.3 Å². The number of hydrogen-bond acceptors (Lipinski definition) is 8. The van der Waals surface area contributed by atoms with Crippen molar-refractivity contribution in [2.75, 3.05) is 39.6 Å². The summed E-state index contributed by atoms with van der Waals surface area (Å²) in [6.07, 6.45) is 0. The monoisotopic (exact) mass is 294 g/mol. The lowest BCUT2D eigenvalue weighted by atomic mass is 10.6. The van der Waals surface area contributed by atoms with E-state index >= 15 is 0 Å². The van der Waals surface area contributed by atoms with Crippen molar-refractivity contribution in [3.8, 4) is 0 Å². The van der Waals surface area contributed by atoms with Crippen LogP contribution in [0, 0.1) is 0 Å². The van der Waals surface area contributed by atoms with E-state index < -0.39 is 50.3 Å². The fraction of sp³-hybridized carbons (Fsp3) is 0.600. The van der Waals surface area contributed by atoms with Gasteiger partial charge in [-0.2, -0.15) is 0 Å². The summed E-state index contributed by atoms with van der Waals surface area (Å²) in [6, 6.07) is 0. The minimum Gasteiger partial charge on any atom is -0.480 e. The first-order valence-corrected chi connectivity index (χ1v) is 5.32. The zero-order chi connectivity index (χ0) is 15.4. The van der Waals surface area contributed by atoms with Crippen LogP contribution >= 0.6 is 0 Å². The van der Waals surface area contributed by atoms with Gasteiger partial charge in [0.15, 0.2) is 0 Å². The molecule has 0 spiro atoms. The molecule has 0 saturated carbocycles. The molecule has 0 rings (SSSR count). The Bertz CT molecular complexity index is 316. The molecule has 0 fully saturated rings. The molecule has 20 heavy (non-hydrogen) atoms. The van der Waals surface area contributed by atoms with Crippen LogP contribution in [0.4, 0.5) is 0 Å². The molecule has 0 amide bonds. The first-order chi connectivity index (χ1) is 9.41. The molecule has 0 aromatic carbocycles. The number of rotatable bonds is 11. The highest BCUT2D eigenvalue weighted by Crippen LogP contribution is 1.86. The summed E-state index contributed by atoms with van der Waals surface area (Å²) < 4.78 is 18.0. The van der Waals surface area contributed by atoms with E-state index in [0.717, 1.165) is 0 Å². The number of hydrogen-bond donors (Lipinski definition) is 2. The van der Waals surface area contributed by atoms with Crippen LogP contribution in [0.1, 0.15) is 0 Å². The van der Waals surface area contributed by atoms with Crippen molar-refractivity contribution in [3.05, 3.63) is 0 Å². The van der Waals surface area contributed by atoms with Crippen molar-refractivity contribution in [3.63, 3.8) is 0 Å². The fourth-order valence-electron chi connectivity index (χ4n) is 0.838. The molecule has 0 unspecified atom stereocenters. The predicted molar refractivity (Wildman–Crippen MR) is 58.8 cm³/mol. The Morgan fingerprint density at radius 2 is 1.00 bits per heavy atom. The molecule has 0 heterocycles. The van der Waals surface area contributed by atoms with Crippen molar-refractivity contribution in [1.29, 1.82) is 0 Å². The van der Waals surface area contributed by atoms with Gasteiger partial charge in [0.1, 0.15) is 39.6 Å². The Kier molecular flexibility index (Phi) is 9.52. The molecular formula is C10H14O10. The van der Waals surface area contributed by atoms with E-state index in [2.05, 4.69) is 18.9 Å². The molecule has 0 aliphatic heterocycles. The Hall–Kier alpha value is -2.20. The zero-order valence-electron chi connectivity index (χ0n) is 10.4. The van der Waals surface area contributed by atoms with Gasteiger partial charge in [0.2, 0.25) is 0 Å². The maximum atomic E-state index is 10.9. The largest absolute Gasteiger partial charge is 0.480 e. The van der Waals surface area contributed by atoms with Crippen molar-refractivity contribution in [2.24, 2.45) is 0 Å². The molecule has 10 heteroatoms. The van der Waals surface area contributed by atoms with Crippen LogP contribution in [-0.4, -0.2) is 73.7 Å². The van der Waals surface area contributed by atoms with Crippen LogP contribution in [0.15, 0.2) is 0 Å². The molecule has 10 nitrogen and oxygen atoms in total. The summed E-state index contributed by atoms with van der Waals surface area (Å²) in [5.41, 5.74) is 0. The van der Waals surface area contributed by atoms with E-state index in [9.17, 15) is 19.2 Å². The zero-order valence-corrected chi connectivity index (χ0v) is 10.4. The lowest BCUT2D eigenvalue weighted by Crippen LogP contribution is -2.21. The first-order valence-electron chi connectivity index (χ1n) is 5.32. The lowest BCUT2D eigenvalue weighted by Gasteiger charge is -2.06. The van der Waals surface area contributed by atoms with Crippen molar-refractivity contribution in [2.45, 2.75) is 0 Å². The summed E-state index contributed by atoms with van der Waals surface area (Å²) in [5, 5.41) is 16.4. The van der Waals surface area contributed by atoms with Crippen LogP contribution in [0.25, 0.3) is 0 Å². The van der Waals surface area contributed by atoms with E-state index in [4.69, 9.17) is 10.2 Å². The fourth-order valence-corrected chi connectivity index (χ4v) is 0.838. The average Bonchev–Trinajstić information content (AvgIpc) is 2.33. The van der Waals surface area contributed by atoms with Crippen LogP contribution < -0.4 is 0 Å². The molecule has 0 aromatic heterocycles. The second-order valence-electron chi connectivity index (χ2n) is 3.21. The molecular weight excluding hydrogens is 280 g/mol. The standard InChI is InChI=1S/C10H14O10/c11-7(12)3-17-5-9(15)19-1-2-20-10(16)6-18-4-8(13)14/h1-6H2,(H,11,12)(H,13,14). The Balaban J connectivity index is 3.46. The van der Waals surface area contributed by atoms with Gasteiger partial charge in [0.25, 0.3) is 0 Å². The van der Waals surface area contributed by atoms with Gasteiger partial charge in [0.05, 0.1) is 0 Å². The highest BCUT2D eigenvalue weighted by molar-refractivity contribution is 5.73. The van der Waals surface area contributed by atoms with E-state index in [1.165, 1.54) is 0 Å². The maximum Gasteiger partial charge on any atom is 0.332 e. The van der Waals surface area contributed by atoms with Gasteiger partial charge in [-0.25, -0.2) is 19.2 Å². The van der Waals surface area contributed by atoms with Gasteiger partial charge in [-0.3, -0.25) is 0 Å². The molecule has 0 atom stereocenters. The highest BCUT2D eigenvalue weighted by Gasteiger charge is 2.07. The number of carbonyl (C=O) groups is 4. The maximum absolute atomic E-state index is 10.9. The third-order valence-electron chi connectivity index (χ3n) is 1.50.